The second kappa shape index (κ2) is 4.13. The lowest BCUT2D eigenvalue weighted by atomic mass is 10.0. The van der Waals surface area contributed by atoms with Gasteiger partial charge in [-0.1, -0.05) is 0 Å². The molecule has 0 nitrogen and oxygen atoms in total. The molecule has 0 rings (SSSR count). The van der Waals surface area contributed by atoms with Gasteiger partial charge in [-0.15, -0.1) is 0 Å². The molecule has 8 heteroatoms. The zero-order valence-electron chi connectivity index (χ0n) is 7.22. The maximum Gasteiger partial charge on any atom is 0.369 e. The second-order valence-corrected chi connectivity index (χ2v) is 2.91. The molecular formula is C7H7F8. The van der Waals surface area contributed by atoms with E-state index in [-0.39, 0.29) is 0 Å². The van der Waals surface area contributed by atoms with Crippen LogP contribution < -0.4 is 0 Å². The van der Waals surface area contributed by atoms with E-state index in [1.807, 2.05) is 0 Å². The van der Waals surface area contributed by atoms with Crippen molar-refractivity contribution in [1.29, 1.82) is 0 Å². The summed E-state index contributed by atoms with van der Waals surface area (Å²) in [5.41, 5.74) is 0. The number of hydrogen-bond acceptors (Lipinski definition) is 0. The van der Waals surface area contributed by atoms with Gasteiger partial charge in [0.2, 0.25) is 0 Å². The highest BCUT2D eigenvalue weighted by Gasteiger charge is 2.65. The van der Waals surface area contributed by atoms with Crippen LogP contribution in [0.25, 0.3) is 0 Å². The van der Waals surface area contributed by atoms with E-state index in [4.69, 9.17) is 0 Å². The monoisotopic (exact) mass is 243 g/mol. The van der Waals surface area contributed by atoms with E-state index in [9.17, 15) is 35.1 Å². The standard InChI is InChI=1S/C7H7F8/c1-2-5(10,11)3-6(12,13)7(14,15)4(8)9/h4H,1-3H2. The van der Waals surface area contributed by atoms with Crippen LogP contribution in [-0.4, -0.2) is 24.2 Å². The van der Waals surface area contributed by atoms with Crippen LogP contribution >= 0.6 is 0 Å². The second-order valence-electron chi connectivity index (χ2n) is 2.91. The lowest BCUT2D eigenvalue weighted by molar-refractivity contribution is -0.282. The number of rotatable bonds is 5. The SMILES string of the molecule is [CH2]CC(F)(F)CC(F)(F)C(F)(F)C(F)F. The van der Waals surface area contributed by atoms with Gasteiger partial charge in [-0.3, -0.25) is 0 Å². The molecule has 0 aliphatic heterocycles. The highest BCUT2D eigenvalue weighted by Crippen LogP contribution is 2.45. The molecule has 0 bridgehead atoms. The van der Waals surface area contributed by atoms with Gasteiger partial charge in [-0.2, -0.15) is 17.6 Å². The van der Waals surface area contributed by atoms with Crippen LogP contribution in [0.4, 0.5) is 35.1 Å². The molecule has 1 radical (unpaired) electrons. The molecular weight excluding hydrogens is 236 g/mol. The molecule has 0 aromatic rings. The van der Waals surface area contributed by atoms with Gasteiger partial charge in [0.1, 0.15) is 0 Å². The van der Waals surface area contributed by atoms with Gasteiger partial charge in [0.25, 0.3) is 5.92 Å². The number of halogens is 8. The molecule has 0 N–H and O–H groups in total. The van der Waals surface area contributed by atoms with E-state index in [0.717, 1.165) is 0 Å². The van der Waals surface area contributed by atoms with Crippen molar-refractivity contribution >= 4 is 0 Å². The average molecular weight is 243 g/mol. The Balaban J connectivity index is 4.83. The predicted octanol–water partition coefficient (Wildman–Crippen LogP) is 3.77. The minimum absolute atomic E-state index is 1.37. The third-order valence-electron chi connectivity index (χ3n) is 1.61. The zero-order chi connectivity index (χ0) is 12.5. The molecule has 0 aliphatic carbocycles. The first-order chi connectivity index (χ1) is 6.46. The Labute approximate surface area is 80.3 Å². The minimum Gasteiger partial charge on any atom is -0.207 e. The fraction of sp³-hybridized carbons (Fsp3) is 0.857. The predicted molar refractivity (Wildman–Crippen MR) is 35.4 cm³/mol. The summed E-state index contributed by atoms with van der Waals surface area (Å²) in [4.78, 5) is 0. The molecule has 0 atom stereocenters. The van der Waals surface area contributed by atoms with Crippen molar-refractivity contribution in [2.45, 2.75) is 37.0 Å². The van der Waals surface area contributed by atoms with Crippen LogP contribution in [0.1, 0.15) is 12.8 Å². The first-order valence-electron chi connectivity index (χ1n) is 3.67. The maximum atomic E-state index is 12.4. The normalized spacial score (nSPS) is 14.8. The van der Waals surface area contributed by atoms with E-state index < -0.39 is 37.0 Å². The van der Waals surface area contributed by atoms with Gasteiger partial charge in [-0.05, 0) is 6.92 Å². The highest BCUT2D eigenvalue weighted by atomic mass is 19.3. The summed E-state index contributed by atoms with van der Waals surface area (Å²) >= 11 is 0. The fourth-order valence-corrected chi connectivity index (χ4v) is 0.691. The summed E-state index contributed by atoms with van der Waals surface area (Å²) in [5.74, 6) is -15.4. The zero-order valence-corrected chi connectivity index (χ0v) is 7.22. The molecule has 0 unspecified atom stereocenters. The Morgan fingerprint density at radius 2 is 1.33 bits per heavy atom. The van der Waals surface area contributed by atoms with Crippen molar-refractivity contribution in [3.8, 4) is 0 Å². The van der Waals surface area contributed by atoms with Crippen LogP contribution in [0.15, 0.2) is 0 Å². The van der Waals surface area contributed by atoms with E-state index in [2.05, 4.69) is 6.92 Å². The smallest absolute Gasteiger partial charge is 0.207 e. The number of alkyl halides is 8. The molecule has 0 aromatic carbocycles. The van der Waals surface area contributed by atoms with Gasteiger partial charge >= 0.3 is 18.3 Å². The van der Waals surface area contributed by atoms with Crippen molar-refractivity contribution in [1.82, 2.24) is 0 Å². The largest absolute Gasteiger partial charge is 0.369 e. The molecule has 15 heavy (non-hydrogen) atoms. The molecule has 0 aromatic heterocycles. The summed E-state index contributed by atoms with van der Waals surface area (Å²) in [5, 5.41) is 0. The minimum atomic E-state index is -5.77. The fourth-order valence-electron chi connectivity index (χ4n) is 0.691. The van der Waals surface area contributed by atoms with Crippen LogP contribution in [0.2, 0.25) is 0 Å². The molecule has 0 saturated heterocycles. The van der Waals surface area contributed by atoms with Crippen molar-refractivity contribution < 1.29 is 35.1 Å². The van der Waals surface area contributed by atoms with E-state index in [1.54, 1.807) is 0 Å². The van der Waals surface area contributed by atoms with Gasteiger partial charge in [0.15, 0.2) is 0 Å². The highest BCUT2D eigenvalue weighted by molar-refractivity contribution is 4.91. The summed E-state index contributed by atoms with van der Waals surface area (Å²) < 4.78 is 96.7. The molecule has 0 aliphatic rings. The van der Waals surface area contributed by atoms with Gasteiger partial charge in [0.05, 0.1) is 6.42 Å². The maximum absolute atomic E-state index is 12.4. The molecule has 0 saturated carbocycles. The first-order valence-corrected chi connectivity index (χ1v) is 3.67. The summed E-state index contributed by atoms with van der Waals surface area (Å²) in [7, 11) is 0. The van der Waals surface area contributed by atoms with E-state index in [1.165, 1.54) is 0 Å². The van der Waals surface area contributed by atoms with Crippen molar-refractivity contribution in [2.75, 3.05) is 0 Å². The number of hydrogen-bond donors (Lipinski definition) is 0. The van der Waals surface area contributed by atoms with Crippen molar-refractivity contribution in [2.24, 2.45) is 0 Å². The van der Waals surface area contributed by atoms with Crippen molar-refractivity contribution in [3.05, 3.63) is 6.92 Å². The molecule has 91 valence electrons. The first kappa shape index (κ1) is 14.4. The van der Waals surface area contributed by atoms with Gasteiger partial charge in [0, 0.05) is 6.42 Å². The van der Waals surface area contributed by atoms with E-state index >= 15 is 0 Å². The average Bonchev–Trinajstić information content (AvgIpc) is 2.02. The summed E-state index contributed by atoms with van der Waals surface area (Å²) in [6, 6.07) is 0. The quantitative estimate of drug-likeness (QED) is 0.645. The lowest BCUT2D eigenvalue weighted by Crippen LogP contribution is -2.49. The third-order valence-corrected chi connectivity index (χ3v) is 1.61. The summed E-state index contributed by atoms with van der Waals surface area (Å²) in [6.07, 6.45) is -8.73. The molecule has 0 spiro atoms. The Bertz CT molecular complexity index is 209. The van der Waals surface area contributed by atoms with Crippen molar-refractivity contribution in [3.63, 3.8) is 0 Å². The van der Waals surface area contributed by atoms with Gasteiger partial charge < -0.3 is 0 Å². The Morgan fingerprint density at radius 3 is 1.60 bits per heavy atom. The topological polar surface area (TPSA) is 0 Å². The molecule has 0 fully saturated rings. The Kier molecular flexibility index (Phi) is 3.98. The van der Waals surface area contributed by atoms with E-state index in [0.29, 0.717) is 0 Å². The van der Waals surface area contributed by atoms with Crippen LogP contribution in [0.5, 0.6) is 0 Å². The van der Waals surface area contributed by atoms with Crippen LogP contribution in [0, 0.1) is 6.92 Å². The molecule has 0 heterocycles. The summed E-state index contributed by atoms with van der Waals surface area (Å²) in [6.45, 7) is 2.55. The molecule has 0 amide bonds. The van der Waals surface area contributed by atoms with Crippen LogP contribution in [0.3, 0.4) is 0 Å². The Hall–Kier alpha value is -0.560. The van der Waals surface area contributed by atoms with Gasteiger partial charge in [-0.25, -0.2) is 17.6 Å². The third kappa shape index (κ3) is 3.20. The Morgan fingerprint density at radius 1 is 0.933 bits per heavy atom. The van der Waals surface area contributed by atoms with Crippen LogP contribution in [-0.2, 0) is 0 Å². The lowest BCUT2D eigenvalue weighted by Gasteiger charge is -2.28.